The zero-order valence-electron chi connectivity index (χ0n) is 8.40. The zero-order chi connectivity index (χ0) is 8.85. The van der Waals surface area contributed by atoms with E-state index in [1.165, 1.54) is 0 Å². The van der Waals surface area contributed by atoms with Crippen molar-refractivity contribution in [3.05, 3.63) is 0 Å². The molecule has 5 nitrogen and oxygen atoms in total. The number of hydrogen-bond acceptors (Lipinski definition) is 4. The van der Waals surface area contributed by atoms with Crippen LogP contribution >= 0.6 is 11.8 Å². The van der Waals surface area contributed by atoms with Crippen molar-refractivity contribution in [1.82, 2.24) is 0 Å². The number of aliphatic carboxylic acids is 2. The molecule has 0 spiro atoms. The SMILES string of the molecule is NC(CSCC(=O)O)C(=O)O.[Ca+2].[H-].[H-]. The van der Waals surface area contributed by atoms with Gasteiger partial charge in [-0.2, -0.15) is 0 Å². The van der Waals surface area contributed by atoms with Crippen molar-refractivity contribution in [3.8, 4) is 0 Å². The minimum atomic E-state index is -1.11. The molecule has 0 aliphatic carbocycles. The number of nitrogens with two attached hydrogens (primary N) is 1. The second-order valence-corrected chi connectivity index (χ2v) is 2.88. The van der Waals surface area contributed by atoms with Crippen LogP contribution in [-0.2, 0) is 9.59 Å². The van der Waals surface area contributed by atoms with Gasteiger partial charge in [-0.15, -0.1) is 11.8 Å². The Morgan fingerprint density at radius 3 is 2.33 bits per heavy atom. The van der Waals surface area contributed by atoms with Crippen molar-refractivity contribution in [1.29, 1.82) is 0 Å². The van der Waals surface area contributed by atoms with Gasteiger partial charge in [0.1, 0.15) is 6.04 Å². The Morgan fingerprint density at radius 1 is 1.50 bits per heavy atom. The average Bonchev–Trinajstić information content (AvgIpc) is 1.86. The third-order valence-corrected chi connectivity index (χ3v) is 1.89. The van der Waals surface area contributed by atoms with E-state index in [0.717, 1.165) is 11.8 Å². The maximum absolute atomic E-state index is 10.1. The molecule has 0 amide bonds. The fourth-order valence-electron chi connectivity index (χ4n) is 0.344. The van der Waals surface area contributed by atoms with Gasteiger partial charge in [0.05, 0.1) is 5.75 Å². The molecule has 68 valence electrons. The van der Waals surface area contributed by atoms with Crippen molar-refractivity contribution >= 4 is 61.4 Å². The smallest absolute Gasteiger partial charge is 1.00 e. The number of carboxylic acids is 2. The third-order valence-electron chi connectivity index (χ3n) is 0.840. The Hall–Kier alpha value is 0.510. The van der Waals surface area contributed by atoms with Crippen LogP contribution in [0.5, 0.6) is 0 Å². The van der Waals surface area contributed by atoms with Gasteiger partial charge in [0.15, 0.2) is 0 Å². The molecule has 0 aromatic heterocycles. The van der Waals surface area contributed by atoms with E-state index >= 15 is 0 Å². The molecular weight excluding hydrogens is 210 g/mol. The number of carbonyl (C=O) groups is 2. The standard InChI is InChI=1S/C5H9NO4S.Ca.2H/c6-3(5(9)10)1-11-2-4(7)8;;;/h3H,1-2,6H2,(H,7,8)(H,9,10);;;/q;+2;2*-1. The van der Waals surface area contributed by atoms with Crippen LogP contribution in [0, 0.1) is 0 Å². The molecule has 0 radical (unpaired) electrons. The van der Waals surface area contributed by atoms with Gasteiger partial charge in [-0.1, -0.05) is 0 Å². The molecule has 1 unspecified atom stereocenters. The molecule has 0 aliphatic rings. The van der Waals surface area contributed by atoms with Crippen molar-refractivity contribution in [2.45, 2.75) is 6.04 Å². The van der Waals surface area contributed by atoms with Gasteiger partial charge in [-0.25, -0.2) is 0 Å². The molecule has 12 heavy (non-hydrogen) atoms. The zero-order valence-corrected chi connectivity index (χ0v) is 9.42. The second kappa shape index (κ2) is 8.12. The monoisotopic (exact) mass is 221 g/mol. The second-order valence-electron chi connectivity index (χ2n) is 1.85. The minimum absolute atomic E-state index is 0. The average molecular weight is 221 g/mol. The summed E-state index contributed by atoms with van der Waals surface area (Å²) in [5, 5.41) is 16.4. The Morgan fingerprint density at radius 2 is 2.00 bits per heavy atom. The summed E-state index contributed by atoms with van der Waals surface area (Å²) in [6.45, 7) is 0. The summed E-state index contributed by atoms with van der Waals surface area (Å²) in [6, 6.07) is -0.973. The first-order valence-corrected chi connectivity index (χ1v) is 3.97. The molecular formula is C5H11CaNO4S. The van der Waals surface area contributed by atoms with Crippen LogP contribution in [0.1, 0.15) is 2.85 Å². The van der Waals surface area contributed by atoms with Crippen LogP contribution in [0.25, 0.3) is 0 Å². The summed E-state index contributed by atoms with van der Waals surface area (Å²) >= 11 is 0.992. The third kappa shape index (κ3) is 8.60. The summed E-state index contributed by atoms with van der Waals surface area (Å²) < 4.78 is 0. The number of hydrogen-bond donors (Lipinski definition) is 3. The van der Waals surface area contributed by atoms with E-state index in [4.69, 9.17) is 15.9 Å². The van der Waals surface area contributed by atoms with Gasteiger partial charge in [0, 0.05) is 5.75 Å². The van der Waals surface area contributed by atoms with E-state index in [1.54, 1.807) is 0 Å². The Kier molecular flexibility index (Phi) is 10.2. The molecule has 0 aromatic carbocycles. The van der Waals surface area contributed by atoms with E-state index in [1.807, 2.05) is 0 Å². The Labute approximate surface area is 107 Å². The Balaban J connectivity index is -0.000000167. The van der Waals surface area contributed by atoms with Crippen LogP contribution < -0.4 is 5.73 Å². The molecule has 0 bridgehead atoms. The van der Waals surface area contributed by atoms with E-state index < -0.39 is 18.0 Å². The van der Waals surface area contributed by atoms with Crippen LogP contribution in [0.3, 0.4) is 0 Å². The van der Waals surface area contributed by atoms with Crippen molar-refractivity contribution in [2.24, 2.45) is 5.73 Å². The number of rotatable bonds is 5. The fourth-order valence-corrected chi connectivity index (χ4v) is 1.03. The first-order chi connectivity index (χ1) is 5.04. The molecule has 0 aromatic rings. The molecule has 0 heterocycles. The summed E-state index contributed by atoms with van der Waals surface area (Å²) in [7, 11) is 0. The van der Waals surface area contributed by atoms with Crippen molar-refractivity contribution < 1.29 is 22.7 Å². The summed E-state index contributed by atoms with van der Waals surface area (Å²) in [5.41, 5.74) is 5.09. The van der Waals surface area contributed by atoms with E-state index in [2.05, 4.69) is 0 Å². The largest absolute Gasteiger partial charge is 2.00 e. The normalized spacial score (nSPS) is 11.4. The van der Waals surface area contributed by atoms with Gasteiger partial charge in [-0.3, -0.25) is 9.59 Å². The maximum Gasteiger partial charge on any atom is 2.00 e. The van der Waals surface area contributed by atoms with Crippen LogP contribution in [0.4, 0.5) is 0 Å². The maximum atomic E-state index is 10.1. The summed E-state index contributed by atoms with van der Waals surface area (Å²) in [6.07, 6.45) is 0. The molecule has 0 fully saturated rings. The quantitative estimate of drug-likeness (QED) is 0.518. The van der Waals surface area contributed by atoms with Crippen LogP contribution in [0.2, 0.25) is 0 Å². The molecule has 0 saturated heterocycles. The predicted molar refractivity (Wildman–Crippen MR) is 48.6 cm³/mol. The fraction of sp³-hybridized carbons (Fsp3) is 0.600. The Bertz CT molecular complexity index is 174. The molecule has 1 atom stereocenters. The molecule has 4 N–H and O–H groups in total. The van der Waals surface area contributed by atoms with E-state index in [-0.39, 0.29) is 52.1 Å². The minimum Gasteiger partial charge on any atom is -1.00 e. The van der Waals surface area contributed by atoms with Crippen LogP contribution in [0.15, 0.2) is 0 Å². The molecule has 0 rings (SSSR count). The predicted octanol–water partition coefficient (Wildman–Crippen LogP) is -0.940. The first-order valence-electron chi connectivity index (χ1n) is 2.82. The number of thioether (sulfide) groups is 1. The first kappa shape index (κ1) is 15.0. The van der Waals surface area contributed by atoms with Gasteiger partial charge < -0.3 is 18.8 Å². The topological polar surface area (TPSA) is 101 Å². The molecule has 0 saturated carbocycles. The molecule has 0 aliphatic heterocycles. The van der Waals surface area contributed by atoms with Crippen LogP contribution in [-0.4, -0.2) is 77.4 Å². The van der Waals surface area contributed by atoms with Gasteiger partial charge >= 0.3 is 49.7 Å². The van der Waals surface area contributed by atoms with Gasteiger partial charge in [0.2, 0.25) is 0 Å². The van der Waals surface area contributed by atoms with Gasteiger partial charge in [-0.05, 0) is 0 Å². The van der Waals surface area contributed by atoms with Gasteiger partial charge in [0.25, 0.3) is 0 Å². The molecule has 7 heteroatoms. The summed E-state index contributed by atoms with van der Waals surface area (Å²) in [5.74, 6) is -2.06. The van der Waals surface area contributed by atoms with Crippen molar-refractivity contribution in [2.75, 3.05) is 11.5 Å². The van der Waals surface area contributed by atoms with E-state index in [0.29, 0.717) is 0 Å². The number of carboxylic acid groups (broad SMARTS) is 2. The summed E-state index contributed by atoms with van der Waals surface area (Å²) in [4.78, 5) is 20.0. The van der Waals surface area contributed by atoms with E-state index in [9.17, 15) is 9.59 Å². The van der Waals surface area contributed by atoms with Crippen molar-refractivity contribution in [3.63, 3.8) is 0 Å².